The Labute approximate surface area is 146 Å². The zero-order chi connectivity index (χ0) is 18.0. The van der Waals surface area contributed by atoms with E-state index in [1.807, 2.05) is 49.9 Å². The first-order valence-corrected chi connectivity index (χ1v) is 8.51. The maximum Gasteiger partial charge on any atom is 0.409 e. The number of carbonyl (C=O) groups excluding carboxylic acids is 1. The van der Waals surface area contributed by atoms with Crippen molar-refractivity contribution in [1.82, 2.24) is 25.2 Å². The van der Waals surface area contributed by atoms with Gasteiger partial charge >= 0.3 is 6.09 Å². The number of hydrogen-bond donors (Lipinski definition) is 2. The van der Waals surface area contributed by atoms with Crippen LogP contribution in [-0.2, 0) is 4.74 Å². The molecule has 8 nitrogen and oxygen atoms in total. The minimum atomic E-state index is -0.556. The summed E-state index contributed by atoms with van der Waals surface area (Å²) in [5.74, 6) is 0.203. The minimum absolute atomic E-state index is 0.203. The van der Waals surface area contributed by atoms with E-state index < -0.39 is 11.7 Å². The number of ether oxygens (including phenoxy) is 1. The molecule has 0 bridgehead atoms. The van der Waals surface area contributed by atoms with Crippen LogP contribution in [-0.4, -0.2) is 50.3 Å². The van der Waals surface area contributed by atoms with Crippen LogP contribution in [0.25, 0.3) is 11.0 Å². The summed E-state index contributed by atoms with van der Waals surface area (Å²) in [6.07, 6.45) is 1.94. The summed E-state index contributed by atoms with van der Waals surface area (Å²) < 4.78 is 6.85. The molecule has 1 unspecified atom stereocenters. The van der Waals surface area contributed by atoms with Crippen LogP contribution in [0.4, 0.5) is 4.79 Å². The van der Waals surface area contributed by atoms with Gasteiger partial charge in [0.2, 0.25) is 5.96 Å². The van der Waals surface area contributed by atoms with Crippen LogP contribution in [0.15, 0.2) is 24.3 Å². The van der Waals surface area contributed by atoms with Crippen molar-refractivity contribution in [2.24, 2.45) is 0 Å². The van der Waals surface area contributed by atoms with Gasteiger partial charge in [0.15, 0.2) is 0 Å². The quantitative estimate of drug-likeness (QED) is 0.612. The normalized spacial score (nSPS) is 18.2. The van der Waals surface area contributed by atoms with E-state index >= 15 is 0 Å². The van der Waals surface area contributed by atoms with E-state index in [2.05, 4.69) is 15.6 Å². The summed E-state index contributed by atoms with van der Waals surface area (Å²) in [6, 6.07) is 7.52. The Hall–Kier alpha value is -2.64. The highest BCUT2D eigenvalue weighted by Gasteiger charge is 2.29. The van der Waals surface area contributed by atoms with E-state index in [9.17, 15) is 4.79 Å². The number of carbonyl (C=O) groups is 1. The number of benzene rings is 1. The van der Waals surface area contributed by atoms with Crippen LogP contribution < -0.4 is 5.32 Å². The van der Waals surface area contributed by atoms with Crippen molar-refractivity contribution in [1.29, 1.82) is 5.41 Å². The van der Waals surface area contributed by atoms with Gasteiger partial charge in [-0.3, -0.25) is 5.41 Å². The Morgan fingerprint density at radius 2 is 2.08 bits per heavy atom. The molecule has 0 spiro atoms. The lowest BCUT2D eigenvalue weighted by atomic mass is 10.1. The first-order chi connectivity index (χ1) is 11.8. The second-order valence-electron chi connectivity index (χ2n) is 7.16. The van der Waals surface area contributed by atoms with Gasteiger partial charge in [-0.25, -0.2) is 4.79 Å². The lowest BCUT2D eigenvalue weighted by molar-refractivity contribution is 0.0434. The molecule has 0 saturated carbocycles. The lowest BCUT2D eigenvalue weighted by Gasteiger charge is -2.37. The number of fused-ring (bicyclic) bond motifs is 1. The summed E-state index contributed by atoms with van der Waals surface area (Å²) in [7, 11) is 0. The lowest BCUT2D eigenvalue weighted by Crippen LogP contribution is -2.55. The first kappa shape index (κ1) is 17.2. The topological polar surface area (TPSA) is 96.1 Å². The van der Waals surface area contributed by atoms with E-state index in [1.54, 1.807) is 0 Å². The average Bonchev–Trinajstić information content (AvgIpc) is 2.97. The molecular formula is C17H24N6O2. The SMILES string of the molecule is CC(C)(C)OC(=O)NC1CCCCN1C(=N)n1nnc2ccccc21. The number of aromatic nitrogens is 3. The second-order valence-corrected chi connectivity index (χ2v) is 7.16. The van der Waals surface area contributed by atoms with Gasteiger partial charge in [-0.15, -0.1) is 5.10 Å². The highest BCUT2D eigenvalue weighted by atomic mass is 16.6. The molecule has 1 amide bonds. The van der Waals surface area contributed by atoms with Crippen molar-refractivity contribution < 1.29 is 9.53 Å². The number of para-hydroxylation sites is 1. The average molecular weight is 344 g/mol. The van der Waals surface area contributed by atoms with Crippen molar-refractivity contribution in [3.05, 3.63) is 24.3 Å². The third kappa shape index (κ3) is 3.89. The standard InChI is InChI=1S/C17H24N6O2/c1-17(2,3)25-16(24)19-14-10-6-7-11-22(14)15(18)23-13-9-5-4-8-12(13)20-21-23/h4-5,8-9,14,18H,6-7,10-11H2,1-3H3,(H,19,24). The van der Waals surface area contributed by atoms with Gasteiger partial charge in [-0.05, 0) is 52.2 Å². The zero-order valence-corrected chi connectivity index (χ0v) is 14.8. The van der Waals surface area contributed by atoms with E-state index in [0.29, 0.717) is 6.54 Å². The van der Waals surface area contributed by atoms with Crippen molar-refractivity contribution in [2.45, 2.75) is 51.8 Å². The van der Waals surface area contributed by atoms with Gasteiger partial charge in [0.1, 0.15) is 17.3 Å². The maximum absolute atomic E-state index is 12.1. The molecule has 1 saturated heterocycles. The predicted molar refractivity (Wildman–Crippen MR) is 94.4 cm³/mol. The van der Waals surface area contributed by atoms with E-state index in [1.165, 1.54) is 4.68 Å². The predicted octanol–water partition coefficient (Wildman–Crippen LogP) is 2.55. The molecule has 25 heavy (non-hydrogen) atoms. The monoisotopic (exact) mass is 344 g/mol. The molecule has 1 atom stereocenters. The van der Waals surface area contributed by atoms with Crippen LogP contribution in [0.1, 0.15) is 40.0 Å². The molecule has 0 radical (unpaired) electrons. The number of nitrogens with zero attached hydrogens (tertiary/aromatic N) is 4. The van der Waals surface area contributed by atoms with Crippen LogP contribution in [0.5, 0.6) is 0 Å². The van der Waals surface area contributed by atoms with E-state index in [4.69, 9.17) is 10.1 Å². The molecule has 1 fully saturated rings. The molecule has 134 valence electrons. The molecule has 2 N–H and O–H groups in total. The molecule has 2 aromatic rings. The summed E-state index contributed by atoms with van der Waals surface area (Å²) in [4.78, 5) is 14.0. The summed E-state index contributed by atoms with van der Waals surface area (Å²) in [6.45, 7) is 6.16. The Morgan fingerprint density at radius 1 is 1.32 bits per heavy atom. The van der Waals surface area contributed by atoms with Gasteiger partial charge in [0.05, 0.1) is 5.52 Å². The van der Waals surface area contributed by atoms with Gasteiger partial charge < -0.3 is 15.0 Å². The van der Waals surface area contributed by atoms with Crippen LogP contribution >= 0.6 is 0 Å². The van der Waals surface area contributed by atoms with Gasteiger partial charge in [0.25, 0.3) is 0 Å². The smallest absolute Gasteiger partial charge is 0.409 e. The number of alkyl carbamates (subject to hydrolysis) is 1. The van der Waals surface area contributed by atoms with Gasteiger partial charge in [0, 0.05) is 6.54 Å². The van der Waals surface area contributed by atoms with Crippen LogP contribution in [0.2, 0.25) is 0 Å². The Balaban J connectivity index is 1.78. The minimum Gasteiger partial charge on any atom is -0.444 e. The van der Waals surface area contributed by atoms with Crippen molar-refractivity contribution in [3.63, 3.8) is 0 Å². The van der Waals surface area contributed by atoms with Crippen LogP contribution in [0.3, 0.4) is 0 Å². The largest absolute Gasteiger partial charge is 0.444 e. The van der Waals surface area contributed by atoms with Crippen LogP contribution in [0, 0.1) is 5.41 Å². The molecule has 1 aliphatic heterocycles. The fraction of sp³-hybridized carbons (Fsp3) is 0.529. The molecule has 1 aliphatic rings. The Kier molecular flexibility index (Phi) is 4.61. The maximum atomic E-state index is 12.1. The number of nitrogens with one attached hydrogen (secondary N) is 2. The summed E-state index contributed by atoms with van der Waals surface area (Å²) in [5.41, 5.74) is 0.953. The third-order valence-electron chi connectivity index (χ3n) is 4.01. The zero-order valence-electron chi connectivity index (χ0n) is 14.8. The second kappa shape index (κ2) is 6.70. The van der Waals surface area contributed by atoms with Gasteiger partial charge in [-0.1, -0.05) is 17.3 Å². The summed E-state index contributed by atoms with van der Waals surface area (Å²) in [5, 5.41) is 19.7. The Bertz CT molecular complexity index is 779. The molecule has 1 aromatic heterocycles. The van der Waals surface area contributed by atoms with E-state index in [-0.39, 0.29) is 12.1 Å². The number of piperidine rings is 1. The fourth-order valence-electron chi connectivity index (χ4n) is 2.93. The molecule has 0 aliphatic carbocycles. The molecular weight excluding hydrogens is 320 g/mol. The van der Waals surface area contributed by atoms with Crippen molar-refractivity contribution in [2.75, 3.05) is 6.54 Å². The van der Waals surface area contributed by atoms with Crippen molar-refractivity contribution >= 4 is 23.1 Å². The van der Waals surface area contributed by atoms with Crippen molar-refractivity contribution in [3.8, 4) is 0 Å². The number of rotatable bonds is 1. The number of amides is 1. The molecule has 8 heteroatoms. The highest BCUT2D eigenvalue weighted by Crippen LogP contribution is 2.18. The first-order valence-electron chi connectivity index (χ1n) is 8.51. The number of likely N-dealkylation sites (tertiary alicyclic amines) is 1. The number of hydrogen-bond acceptors (Lipinski definition) is 5. The van der Waals surface area contributed by atoms with Gasteiger partial charge in [-0.2, -0.15) is 4.68 Å². The Morgan fingerprint density at radius 3 is 2.84 bits per heavy atom. The molecule has 1 aromatic carbocycles. The fourth-order valence-corrected chi connectivity index (χ4v) is 2.93. The third-order valence-corrected chi connectivity index (χ3v) is 4.01. The van der Waals surface area contributed by atoms with E-state index in [0.717, 1.165) is 30.3 Å². The highest BCUT2D eigenvalue weighted by molar-refractivity contribution is 5.89. The molecule has 2 heterocycles. The summed E-state index contributed by atoms with van der Waals surface area (Å²) >= 11 is 0. The molecule has 3 rings (SSSR count).